The zero-order valence-electron chi connectivity index (χ0n) is 23.2. The summed E-state index contributed by atoms with van der Waals surface area (Å²) < 4.78 is 0. The van der Waals surface area contributed by atoms with Crippen LogP contribution in [0.3, 0.4) is 0 Å². The van der Waals surface area contributed by atoms with Crippen molar-refractivity contribution in [3.05, 3.63) is 54.2 Å². The molecule has 12 heteroatoms. The SMILES string of the molecule is CCC(C)C(NC(=O)C(Cc1c[nH]c2ccccc12)NC(=O)C(Cc1cnc[nH]1)NC(=O)C(N)C(C)C)C(=O)O. The number of carboxylic acids is 1. The van der Waals surface area contributed by atoms with Crippen LogP contribution in [-0.4, -0.2) is 67.9 Å². The zero-order valence-corrected chi connectivity index (χ0v) is 23.2. The first-order valence-corrected chi connectivity index (χ1v) is 13.4. The molecule has 2 heterocycles. The van der Waals surface area contributed by atoms with Crippen LogP contribution in [0.2, 0.25) is 0 Å². The number of benzene rings is 1. The van der Waals surface area contributed by atoms with Gasteiger partial charge in [-0.1, -0.05) is 52.3 Å². The third-order valence-corrected chi connectivity index (χ3v) is 7.14. The summed E-state index contributed by atoms with van der Waals surface area (Å²) in [6, 6.07) is 3.36. The molecule has 5 unspecified atom stereocenters. The van der Waals surface area contributed by atoms with E-state index in [0.29, 0.717) is 12.1 Å². The zero-order chi connectivity index (χ0) is 29.4. The Morgan fingerprint density at radius 2 is 1.60 bits per heavy atom. The Kier molecular flexibility index (Phi) is 10.4. The maximum Gasteiger partial charge on any atom is 0.326 e. The van der Waals surface area contributed by atoms with E-state index in [1.807, 2.05) is 31.2 Å². The maximum absolute atomic E-state index is 13.6. The maximum atomic E-state index is 13.6. The minimum Gasteiger partial charge on any atom is -0.480 e. The number of carbonyl (C=O) groups is 4. The molecule has 0 bridgehead atoms. The Bertz CT molecular complexity index is 1300. The standard InChI is InChI=1S/C28H39N7O5/c1-5-16(4)24(28(39)40)35-26(37)21(10-17-12-31-20-9-7-6-8-19(17)20)33-25(36)22(11-18-13-30-14-32-18)34-27(38)23(29)15(2)3/h6-9,12-16,21-24,31H,5,10-11,29H2,1-4H3,(H,30,32)(H,33,36)(H,34,38)(H,35,37)(H,39,40). The molecular formula is C28H39N7O5. The van der Waals surface area contributed by atoms with E-state index >= 15 is 0 Å². The molecule has 216 valence electrons. The van der Waals surface area contributed by atoms with E-state index in [4.69, 9.17) is 5.73 Å². The molecule has 0 aliphatic carbocycles. The van der Waals surface area contributed by atoms with Crippen molar-refractivity contribution in [2.75, 3.05) is 0 Å². The van der Waals surface area contributed by atoms with E-state index in [1.165, 1.54) is 12.5 Å². The number of amides is 3. The second-order valence-corrected chi connectivity index (χ2v) is 10.4. The van der Waals surface area contributed by atoms with E-state index in [2.05, 4.69) is 30.9 Å². The Balaban J connectivity index is 1.90. The minimum atomic E-state index is -1.16. The van der Waals surface area contributed by atoms with Crippen molar-refractivity contribution in [3.63, 3.8) is 0 Å². The first kappa shape index (κ1) is 30.4. The lowest BCUT2D eigenvalue weighted by Gasteiger charge is -2.27. The number of hydrogen-bond acceptors (Lipinski definition) is 6. The summed E-state index contributed by atoms with van der Waals surface area (Å²) in [5.41, 5.74) is 8.23. The van der Waals surface area contributed by atoms with E-state index in [0.717, 1.165) is 16.5 Å². The number of fused-ring (bicyclic) bond motifs is 1. The van der Waals surface area contributed by atoms with E-state index in [1.54, 1.807) is 27.0 Å². The van der Waals surface area contributed by atoms with Crippen molar-refractivity contribution < 1.29 is 24.3 Å². The molecule has 0 radical (unpaired) electrons. The molecule has 3 amide bonds. The number of H-pyrrole nitrogens is 2. The number of carboxylic acid groups (broad SMARTS) is 1. The lowest BCUT2D eigenvalue weighted by molar-refractivity contribution is -0.143. The molecule has 3 rings (SSSR count). The van der Waals surface area contributed by atoms with Gasteiger partial charge in [-0.25, -0.2) is 9.78 Å². The second-order valence-electron chi connectivity index (χ2n) is 10.4. The van der Waals surface area contributed by atoms with Gasteiger partial charge >= 0.3 is 5.97 Å². The predicted molar refractivity (Wildman–Crippen MR) is 150 cm³/mol. The van der Waals surface area contributed by atoms with Crippen molar-refractivity contribution in [1.82, 2.24) is 30.9 Å². The number of aromatic amines is 2. The van der Waals surface area contributed by atoms with Gasteiger partial charge in [-0.2, -0.15) is 0 Å². The highest BCUT2D eigenvalue weighted by molar-refractivity contribution is 5.95. The number of carbonyl (C=O) groups excluding carboxylic acids is 3. The summed E-state index contributed by atoms with van der Waals surface area (Å²) in [7, 11) is 0. The van der Waals surface area contributed by atoms with E-state index < -0.39 is 47.9 Å². The quantitative estimate of drug-likeness (QED) is 0.156. The van der Waals surface area contributed by atoms with Crippen molar-refractivity contribution in [3.8, 4) is 0 Å². The third kappa shape index (κ3) is 7.69. The van der Waals surface area contributed by atoms with Crippen LogP contribution in [0.4, 0.5) is 0 Å². The average Bonchev–Trinajstić information content (AvgIpc) is 3.59. The molecular weight excluding hydrogens is 514 g/mol. The fraction of sp³-hybridized carbons (Fsp3) is 0.464. The summed E-state index contributed by atoms with van der Waals surface area (Å²) >= 11 is 0. The van der Waals surface area contributed by atoms with Crippen LogP contribution in [0.15, 0.2) is 43.0 Å². The van der Waals surface area contributed by atoms with Crippen molar-refractivity contribution in [2.45, 2.75) is 71.1 Å². The van der Waals surface area contributed by atoms with Gasteiger partial charge in [0.1, 0.15) is 18.1 Å². The van der Waals surface area contributed by atoms with Crippen molar-refractivity contribution in [1.29, 1.82) is 0 Å². The number of hydrogen-bond donors (Lipinski definition) is 7. The van der Waals surface area contributed by atoms with Crippen LogP contribution < -0.4 is 21.7 Å². The number of imidazole rings is 1. The van der Waals surface area contributed by atoms with Crippen LogP contribution in [0, 0.1) is 11.8 Å². The topological polar surface area (TPSA) is 195 Å². The molecule has 0 aliphatic heterocycles. The van der Waals surface area contributed by atoms with Crippen molar-refractivity contribution >= 4 is 34.6 Å². The normalized spacial score (nSPS) is 15.2. The monoisotopic (exact) mass is 553 g/mol. The number of aliphatic carboxylic acids is 1. The molecule has 5 atom stereocenters. The fourth-order valence-electron chi connectivity index (χ4n) is 4.34. The minimum absolute atomic E-state index is 0.0778. The second kappa shape index (κ2) is 13.7. The lowest BCUT2D eigenvalue weighted by atomic mass is 9.97. The number of para-hydroxylation sites is 1. The third-order valence-electron chi connectivity index (χ3n) is 7.14. The highest BCUT2D eigenvalue weighted by atomic mass is 16.4. The first-order valence-electron chi connectivity index (χ1n) is 13.4. The number of nitrogens with one attached hydrogen (secondary N) is 5. The Hall–Kier alpha value is -4.19. The Morgan fingerprint density at radius 3 is 2.23 bits per heavy atom. The number of aromatic nitrogens is 3. The van der Waals surface area contributed by atoms with E-state index in [-0.39, 0.29) is 24.7 Å². The van der Waals surface area contributed by atoms with Crippen LogP contribution in [-0.2, 0) is 32.0 Å². The van der Waals surface area contributed by atoms with Gasteiger partial charge < -0.3 is 36.8 Å². The molecule has 0 spiro atoms. The fourth-order valence-corrected chi connectivity index (χ4v) is 4.34. The highest BCUT2D eigenvalue weighted by Gasteiger charge is 2.33. The van der Waals surface area contributed by atoms with Crippen LogP contribution in [0.1, 0.15) is 45.4 Å². The molecule has 8 N–H and O–H groups in total. The average molecular weight is 554 g/mol. The Labute approximate surface area is 232 Å². The molecule has 0 fully saturated rings. The smallest absolute Gasteiger partial charge is 0.326 e. The first-order chi connectivity index (χ1) is 19.0. The number of nitrogens with zero attached hydrogens (tertiary/aromatic N) is 1. The molecule has 1 aromatic carbocycles. The van der Waals surface area contributed by atoms with Gasteiger partial charge in [-0.3, -0.25) is 14.4 Å². The number of rotatable bonds is 14. The van der Waals surface area contributed by atoms with Crippen LogP contribution >= 0.6 is 0 Å². The van der Waals surface area contributed by atoms with Crippen LogP contribution in [0.25, 0.3) is 10.9 Å². The van der Waals surface area contributed by atoms with Gasteiger partial charge in [0.2, 0.25) is 17.7 Å². The molecule has 2 aromatic heterocycles. The molecule has 12 nitrogen and oxygen atoms in total. The van der Waals surface area contributed by atoms with Crippen LogP contribution in [0.5, 0.6) is 0 Å². The largest absolute Gasteiger partial charge is 0.480 e. The van der Waals surface area contributed by atoms with Gasteiger partial charge in [0, 0.05) is 41.8 Å². The predicted octanol–water partition coefficient (Wildman–Crippen LogP) is 1.24. The van der Waals surface area contributed by atoms with Gasteiger partial charge in [0.25, 0.3) is 0 Å². The van der Waals surface area contributed by atoms with Crippen molar-refractivity contribution in [2.24, 2.45) is 17.6 Å². The molecule has 3 aromatic rings. The van der Waals surface area contributed by atoms with E-state index in [9.17, 15) is 24.3 Å². The lowest BCUT2D eigenvalue weighted by Crippen LogP contribution is -2.59. The van der Waals surface area contributed by atoms with Gasteiger partial charge in [0.05, 0.1) is 12.4 Å². The molecule has 0 saturated heterocycles. The van der Waals surface area contributed by atoms with Gasteiger partial charge in [-0.15, -0.1) is 0 Å². The Morgan fingerprint density at radius 1 is 0.950 bits per heavy atom. The van der Waals surface area contributed by atoms with Gasteiger partial charge in [-0.05, 0) is 23.5 Å². The summed E-state index contributed by atoms with van der Waals surface area (Å²) in [6.07, 6.45) is 5.45. The molecule has 0 aliphatic rings. The molecule has 0 saturated carbocycles. The summed E-state index contributed by atoms with van der Waals surface area (Å²) in [5, 5.41) is 18.7. The summed E-state index contributed by atoms with van der Waals surface area (Å²) in [6.45, 7) is 7.17. The summed E-state index contributed by atoms with van der Waals surface area (Å²) in [5.74, 6) is -3.42. The highest BCUT2D eigenvalue weighted by Crippen LogP contribution is 2.20. The summed E-state index contributed by atoms with van der Waals surface area (Å²) in [4.78, 5) is 61.9. The van der Waals surface area contributed by atoms with Gasteiger partial charge in [0.15, 0.2) is 0 Å². The molecule has 40 heavy (non-hydrogen) atoms. The number of nitrogens with two attached hydrogens (primary N) is 1.